The van der Waals surface area contributed by atoms with E-state index in [1.165, 1.54) is 0 Å². The maximum Gasteiger partial charge on any atom is 0.306 e. The Balaban J connectivity index is 3.34. The van der Waals surface area contributed by atoms with E-state index in [0.29, 0.717) is 5.56 Å². The van der Waals surface area contributed by atoms with E-state index in [2.05, 4.69) is 47.6 Å². The Bertz CT molecular complexity index is 458. The third kappa shape index (κ3) is 4.34. The zero-order valence-corrected chi connectivity index (χ0v) is 13.3. The molecule has 0 saturated carbocycles. The van der Waals surface area contributed by atoms with Crippen molar-refractivity contribution in [2.24, 2.45) is 0 Å². The van der Waals surface area contributed by atoms with Gasteiger partial charge in [-0.3, -0.25) is 4.79 Å². The van der Waals surface area contributed by atoms with E-state index in [4.69, 9.17) is 5.11 Å². The molecule has 0 radical (unpaired) electrons. The van der Waals surface area contributed by atoms with E-state index in [0.717, 1.165) is 11.1 Å². The highest BCUT2D eigenvalue weighted by Gasteiger charge is 2.23. The zero-order valence-electron chi connectivity index (χ0n) is 13.3. The Hall–Kier alpha value is -1.35. The van der Waals surface area contributed by atoms with Gasteiger partial charge in [0.2, 0.25) is 0 Å². The highest BCUT2D eigenvalue weighted by molar-refractivity contribution is 5.67. The van der Waals surface area contributed by atoms with Crippen LogP contribution in [0.3, 0.4) is 0 Å². The van der Waals surface area contributed by atoms with Crippen LogP contribution in [0.5, 0.6) is 0 Å². The van der Waals surface area contributed by atoms with Crippen molar-refractivity contribution >= 4 is 5.97 Å². The van der Waals surface area contributed by atoms with Crippen LogP contribution in [0, 0.1) is 0 Å². The Labute approximate surface area is 121 Å². The first kappa shape index (κ1) is 16.7. The molecule has 0 amide bonds. The standard InChI is InChI=1S/C17H26O3/c1-16(2,3)12-7-11(14(18)10-15(19)20)8-13(9-12)17(4,5)6/h7-9,14,18H,10H2,1-6H3,(H,19,20). The molecular weight excluding hydrogens is 252 g/mol. The van der Waals surface area contributed by atoms with Crippen LogP contribution in [0.1, 0.15) is 70.8 Å². The summed E-state index contributed by atoms with van der Waals surface area (Å²) in [5, 5.41) is 18.9. The summed E-state index contributed by atoms with van der Waals surface area (Å²) >= 11 is 0. The summed E-state index contributed by atoms with van der Waals surface area (Å²) < 4.78 is 0. The first-order valence-electron chi connectivity index (χ1n) is 6.97. The minimum Gasteiger partial charge on any atom is -0.481 e. The fraction of sp³-hybridized carbons (Fsp3) is 0.588. The van der Waals surface area contributed by atoms with Crippen LogP contribution in [0.2, 0.25) is 0 Å². The molecule has 1 unspecified atom stereocenters. The number of carboxylic acids is 1. The van der Waals surface area contributed by atoms with E-state index in [1.807, 2.05) is 12.1 Å². The number of aliphatic hydroxyl groups excluding tert-OH is 1. The van der Waals surface area contributed by atoms with E-state index < -0.39 is 12.1 Å². The van der Waals surface area contributed by atoms with Gasteiger partial charge in [-0.2, -0.15) is 0 Å². The molecule has 0 aliphatic carbocycles. The molecule has 2 N–H and O–H groups in total. The average molecular weight is 278 g/mol. The SMILES string of the molecule is CC(C)(C)c1cc(C(O)CC(=O)O)cc(C(C)(C)C)c1. The normalized spacial score (nSPS) is 14.2. The molecule has 1 aromatic rings. The van der Waals surface area contributed by atoms with Crippen molar-refractivity contribution in [3.8, 4) is 0 Å². The predicted octanol–water partition coefficient (Wildman–Crippen LogP) is 3.79. The van der Waals surface area contributed by atoms with E-state index in [9.17, 15) is 9.90 Å². The number of aliphatic carboxylic acids is 1. The van der Waals surface area contributed by atoms with Gasteiger partial charge >= 0.3 is 5.97 Å². The van der Waals surface area contributed by atoms with E-state index in [1.54, 1.807) is 0 Å². The van der Waals surface area contributed by atoms with Gasteiger partial charge in [0.25, 0.3) is 0 Å². The van der Waals surface area contributed by atoms with Crippen molar-refractivity contribution in [3.63, 3.8) is 0 Å². The third-order valence-electron chi connectivity index (χ3n) is 3.44. The molecule has 20 heavy (non-hydrogen) atoms. The Morgan fingerprint density at radius 2 is 1.40 bits per heavy atom. The van der Waals surface area contributed by atoms with Gasteiger partial charge in [-0.1, -0.05) is 59.7 Å². The van der Waals surface area contributed by atoms with Gasteiger partial charge in [0.1, 0.15) is 0 Å². The molecule has 0 bridgehead atoms. The van der Waals surface area contributed by atoms with Crippen molar-refractivity contribution in [2.45, 2.75) is 64.9 Å². The molecule has 1 aromatic carbocycles. The molecule has 0 aliphatic rings. The van der Waals surface area contributed by atoms with Crippen LogP contribution in [0.4, 0.5) is 0 Å². The van der Waals surface area contributed by atoms with Gasteiger partial charge in [0.05, 0.1) is 12.5 Å². The lowest BCUT2D eigenvalue weighted by molar-refractivity contribution is -0.139. The van der Waals surface area contributed by atoms with Crippen molar-refractivity contribution in [1.29, 1.82) is 0 Å². The van der Waals surface area contributed by atoms with Crippen LogP contribution in [-0.4, -0.2) is 16.2 Å². The second-order valence-corrected chi connectivity index (χ2v) is 7.46. The minimum absolute atomic E-state index is 0.0427. The van der Waals surface area contributed by atoms with Crippen molar-refractivity contribution in [1.82, 2.24) is 0 Å². The monoisotopic (exact) mass is 278 g/mol. The van der Waals surface area contributed by atoms with E-state index in [-0.39, 0.29) is 17.3 Å². The molecule has 0 saturated heterocycles. The van der Waals surface area contributed by atoms with Crippen molar-refractivity contribution in [3.05, 3.63) is 34.9 Å². The minimum atomic E-state index is -0.990. The van der Waals surface area contributed by atoms with Crippen molar-refractivity contribution in [2.75, 3.05) is 0 Å². The van der Waals surface area contributed by atoms with Crippen LogP contribution in [-0.2, 0) is 15.6 Å². The molecule has 3 nitrogen and oxygen atoms in total. The third-order valence-corrected chi connectivity index (χ3v) is 3.44. The number of hydrogen-bond acceptors (Lipinski definition) is 2. The number of carbonyl (C=O) groups is 1. The summed E-state index contributed by atoms with van der Waals surface area (Å²) in [6.45, 7) is 12.7. The van der Waals surface area contributed by atoms with Gasteiger partial charge in [-0.25, -0.2) is 0 Å². The lowest BCUT2D eigenvalue weighted by Crippen LogP contribution is -2.18. The molecule has 0 fully saturated rings. The summed E-state index contributed by atoms with van der Waals surface area (Å²) in [4.78, 5) is 10.8. The van der Waals surface area contributed by atoms with Crippen LogP contribution in [0.25, 0.3) is 0 Å². The molecule has 1 rings (SSSR count). The summed E-state index contributed by atoms with van der Waals surface area (Å²) in [5.74, 6) is -0.990. The predicted molar refractivity (Wildman–Crippen MR) is 81.1 cm³/mol. The Morgan fingerprint density at radius 1 is 1.00 bits per heavy atom. The van der Waals surface area contributed by atoms with Crippen LogP contribution >= 0.6 is 0 Å². The lowest BCUT2D eigenvalue weighted by Gasteiger charge is -2.27. The van der Waals surface area contributed by atoms with Gasteiger partial charge in [0, 0.05) is 0 Å². The Morgan fingerprint density at radius 3 is 1.70 bits per heavy atom. The van der Waals surface area contributed by atoms with Crippen molar-refractivity contribution < 1.29 is 15.0 Å². The topological polar surface area (TPSA) is 57.5 Å². The largest absolute Gasteiger partial charge is 0.481 e. The summed E-state index contributed by atoms with van der Waals surface area (Å²) in [7, 11) is 0. The highest BCUT2D eigenvalue weighted by atomic mass is 16.4. The van der Waals surface area contributed by atoms with Gasteiger partial charge < -0.3 is 10.2 Å². The maximum atomic E-state index is 10.8. The first-order valence-corrected chi connectivity index (χ1v) is 6.97. The quantitative estimate of drug-likeness (QED) is 0.884. The van der Waals surface area contributed by atoms with E-state index >= 15 is 0 Å². The molecule has 3 heteroatoms. The number of hydrogen-bond donors (Lipinski definition) is 2. The number of benzene rings is 1. The molecule has 0 aliphatic heterocycles. The highest BCUT2D eigenvalue weighted by Crippen LogP contribution is 2.32. The van der Waals surface area contributed by atoms with Crippen LogP contribution in [0.15, 0.2) is 18.2 Å². The molecular formula is C17H26O3. The maximum absolute atomic E-state index is 10.8. The second kappa shape index (κ2) is 5.57. The van der Waals surface area contributed by atoms with Gasteiger partial charge in [-0.05, 0) is 27.5 Å². The molecule has 0 aromatic heterocycles. The fourth-order valence-electron chi connectivity index (χ4n) is 1.99. The number of aliphatic hydroxyl groups is 1. The second-order valence-electron chi connectivity index (χ2n) is 7.46. The lowest BCUT2D eigenvalue weighted by atomic mass is 9.79. The summed E-state index contributed by atoms with van der Waals surface area (Å²) in [6.07, 6.45) is -1.23. The Kier molecular flexibility index (Phi) is 4.65. The summed E-state index contributed by atoms with van der Waals surface area (Å²) in [6, 6.07) is 5.99. The molecule has 0 spiro atoms. The zero-order chi connectivity index (χ0) is 15.7. The molecule has 112 valence electrons. The molecule has 0 heterocycles. The fourth-order valence-corrected chi connectivity index (χ4v) is 1.99. The number of rotatable bonds is 3. The smallest absolute Gasteiger partial charge is 0.306 e. The summed E-state index contributed by atoms with van der Waals surface area (Å²) in [5.41, 5.74) is 2.83. The van der Waals surface area contributed by atoms with Crippen LogP contribution < -0.4 is 0 Å². The van der Waals surface area contributed by atoms with Gasteiger partial charge in [-0.15, -0.1) is 0 Å². The molecule has 1 atom stereocenters. The first-order chi connectivity index (χ1) is 8.91. The van der Waals surface area contributed by atoms with Gasteiger partial charge in [0.15, 0.2) is 0 Å². The number of carboxylic acid groups (broad SMARTS) is 1. The average Bonchev–Trinajstić information content (AvgIpc) is 2.25.